The number of ether oxygens (including phenoxy) is 1. The molecule has 0 fully saturated rings. The highest BCUT2D eigenvalue weighted by Crippen LogP contribution is 2.27. The van der Waals surface area contributed by atoms with Crippen LogP contribution in [-0.4, -0.2) is 23.8 Å². The molecular formula is C21H22N2O2S. The van der Waals surface area contributed by atoms with Crippen molar-refractivity contribution in [2.45, 2.75) is 25.8 Å². The molecule has 0 aliphatic rings. The van der Waals surface area contributed by atoms with E-state index >= 15 is 0 Å². The van der Waals surface area contributed by atoms with Gasteiger partial charge in [-0.15, -0.1) is 0 Å². The lowest BCUT2D eigenvalue weighted by Gasteiger charge is -2.12. The van der Waals surface area contributed by atoms with Crippen molar-refractivity contribution in [3.8, 4) is 5.75 Å². The number of fused-ring (bicyclic) bond motifs is 1. The van der Waals surface area contributed by atoms with Gasteiger partial charge in [-0.05, 0) is 61.7 Å². The first-order chi connectivity index (χ1) is 12.5. The van der Waals surface area contributed by atoms with Gasteiger partial charge in [0.2, 0.25) is 5.91 Å². The van der Waals surface area contributed by atoms with Gasteiger partial charge in [-0.25, -0.2) is 4.98 Å². The molecule has 2 aromatic carbocycles. The van der Waals surface area contributed by atoms with Crippen LogP contribution in [0.3, 0.4) is 0 Å². The van der Waals surface area contributed by atoms with E-state index in [2.05, 4.69) is 11.4 Å². The number of nitrogens with one attached hydrogen (secondary N) is 1. The molecule has 0 spiro atoms. The van der Waals surface area contributed by atoms with Crippen LogP contribution < -0.4 is 10.1 Å². The Morgan fingerprint density at radius 2 is 1.81 bits per heavy atom. The number of thioether (sulfide) groups is 1. The minimum absolute atomic E-state index is 0.0246. The van der Waals surface area contributed by atoms with E-state index < -0.39 is 0 Å². The number of pyridine rings is 1. The summed E-state index contributed by atoms with van der Waals surface area (Å²) in [4.78, 5) is 17.1. The van der Waals surface area contributed by atoms with Crippen LogP contribution in [0.4, 0.5) is 5.69 Å². The highest BCUT2D eigenvalue weighted by atomic mass is 32.2. The van der Waals surface area contributed by atoms with Gasteiger partial charge in [0.25, 0.3) is 0 Å². The number of methoxy groups -OCH3 is 1. The molecule has 134 valence electrons. The lowest BCUT2D eigenvalue weighted by molar-refractivity contribution is -0.113. The normalized spacial score (nSPS) is 10.8. The molecule has 1 aromatic heterocycles. The summed E-state index contributed by atoms with van der Waals surface area (Å²) in [7, 11) is 1.65. The van der Waals surface area contributed by atoms with Crippen molar-refractivity contribution in [3.63, 3.8) is 0 Å². The number of carbonyl (C=O) groups excluding carboxylic acids is 1. The van der Waals surface area contributed by atoms with Gasteiger partial charge in [0.05, 0.1) is 18.4 Å². The Balaban J connectivity index is 1.73. The van der Waals surface area contributed by atoms with Crippen LogP contribution >= 0.6 is 11.8 Å². The Morgan fingerprint density at radius 3 is 2.50 bits per heavy atom. The second-order valence-corrected chi connectivity index (χ2v) is 7.24. The molecule has 0 saturated carbocycles. The monoisotopic (exact) mass is 366 g/mol. The van der Waals surface area contributed by atoms with Crippen LogP contribution in [-0.2, 0) is 4.79 Å². The lowest BCUT2D eigenvalue weighted by atomic mass is 10.1. The van der Waals surface area contributed by atoms with Gasteiger partial charge >= 0.3 is 0 Å². The minimum Gasteiger partial charge on any atom is -0.497 e. The Labute approximate surface area is 158 Å². The summed E-state index contributed by atoms with van der Waals surface area (Å²) in [5, 5.41) is 4.92. The highest BCUT2D eigenvalue weighted by molar-refractivity contribution is 8.00. The largest absolute Gasteiger partial charge is 0.497 e. The maximum atomic E-state index is 12.4. The summed E-state index contributed by atoms with van der Waals surface area (Å²) in [5.41, 5.74) is 4.98. The molecular weight excluding hydrogens is 344 g/mol. The number of nitrogens with zero attached hydrogens (tertiary/aromatic N) is 1. The standard InChI is InChI=1S/C21H22N2O2S/c1-13-6-5-7-14(2)20(13)23-19(24)12-26-21-15(3)10-16-11-17(25-4)8-9-18(16)22-21/h5-11H,12H2,1-4H3,(H,23,24). The first-order valence-corrected chi connectivity index (χ1v) is 9.41. The van der Waals surface area contributed by atoms with Gasteiger partial charge < -0.3 is 10.1 Å². The molecule has 1 heterocycles. The number of anilines is 1. The number of aryl methyl sites for hydroxylation is 3. The van der Waals surface area contributed by atoms with Crippen LogP contribution in [0.25, 0.3) is 10.9 Å². The summed E-state index contributed by atoms with van der Waals surface area (Å²) in [6.07, 6.45) is 0. The number of hydrogen-bond acceptors (Lipinski definition) is 4. The van der Waals surface area contributed by atoms with Gasteiger partial charge in [0, 0.05) is 11.1 Å². The number of aromatic nitrogens is 1. The molecule has 1 amide bonds. The molecule has 0 unspecified atom stereocenters. The number of hydrogen-bond donors (Lipinski definition) is 1. The number of rotatable bonds is 5. The van der Waals surface area contributed by atoms with E-state index in [0.29, 0.717) is 5.75 Å². The molecule has 3 rings (SSSR count). The second-order valence-electron chi connectivity index (χ2n) is 6.27. The number of amides is 1. The van der Waals surface area contributed by atoms with Crippen molar-refractivity contribution >= 4 is 34.3 Å². The predicted octanol–water partition coefficient (Wildman–Crippen LogP) is 4.90. The molecule has 0 atom stereocenters. The van der Waals surface area contributed by atoms with E-state index in [1.807, 2.05) is 57.2 Å². The number of carbonyl (C=O) groups is 1. The molecule has 0 radical (unpaired) electrons. The van der Waals surface area contributed by atoms with Crippen LogP contribution in [0.15, 0.2) is 47.5 Å². The highest BCUT2D eigenvalue weighted by Gasteiger charge is 2.11. The number of para-hydroxylation sites is 1. The van der Waals surface area contributed by atoms with E-state index in [1.54, 1.807) is 7.11 Å². The Hall–Kier alpha value is -2.53. The van der Waals surface area contributed by atoms with Crippen molar-refractivity contribution in [2.75, 3.05) is 18.2 Å². The molecule has 3 aromatic rings. The van der Waals surface area contributed by atoms with E-state index in [4.69, 9.17) is 9.72 Å². The SMILES string of the molecule is COc1ccc2nc(SCC(=O)Nc3c(C)cccc3C)c(C)cc2c1. The molecule has 0 saturated heterocycles. The molecule has 5 heteroatoms. The zero-order chi connectivity index (χ0) is 18.7. The van der Waals surface area contributed by atoms with E-state index in [-0.39, 0.29) is 5.91 Å². The number of benzene rings is 2. The van der Waals surface area contributed by atoms with E-state index in [0.717, 1.165) is 44.1 Å². The molecule has 4 nitrogen and oxygen atoms in total. The Kier molecular flexibility index (Phi) is 5.47. The van der Waals surface area contributed by atoms with Crippen molar-refractivity contribution in [1.82, 2.24) is 4.98 Å². The summed E-state index contributed by atoms with van der Waals surface area (Å²) in [6.45, 7) is 6.01. The first kappa shape index (κ1) is 18.3. The Bertz CT molecular complexity index is 949. The van der Waals surface area contributed by atoms with Gasteiger partial charge in [-0.3, -0.25) is 4.79 Å². The third-order valence-electron chi connectivity index (χ3n) is 4.25. The zero-order valence-corrected chi connectivity index (χ0v) is 16.2. The minimum atomic E-state index is -0.0246. The Morgan fingerprint density at radius 1 is 1.08 bits per heavy atom. The average molecular weight is 366 g/mol. The maximum Gasteiger partial charge on any atom is 0.234 e. The quantitative estimate of drug-likeness (QED) is 0.653. The van der Waals surface area contributed by atoms with Crippen LogP contribution in [0.1, 0.15) is 16.7 Å². The molecule has 0 bridgehead atoms. The van der Waals surface area contributed by atoms with Crippen molar-refractivity contribution in [2.24, 2.45) is 0 Å². The van der Waals surface area contributed by atoms with Crippen LogP contribution in [0.5, 0.6) is 5.75 Å². The van der Waals surface area contributed by atoms with Crippen molar-refractivity contribution < 1.29 is 9.53 Å². The summed E-state index contributed by atoms with van der Waals surface area (Å²) in [6, 6.07) is 13.9. The van der Waals surface area contributed by atoms with Crippen LogP contribution in [0, 0.1) is 20.8 Å². The smallest absolute Gasteiger partial charge is 0.234 e. The van der Waals surface area contributed by atoms with Gasteiger partial charge in [-0.1, -0.05) is 30.0 Å². The van der Waals surface area contributed by atoms with E-state index in [9.17, 15) is 4.79 Å². The van der Waals surface area contributed by atoms with Crippen molar-refractivity contribution in [1.29, 1.82) is 0 Å². The fraction of sp³-hybridized carbons (Fsp3) is 0.238. The maximum absolute atomic E-state index is 12.4. The molecule has 1 N–H and O–H groups in total. The van der Waals surface area contributed by atoms with Gasteiger partial charge in [0.15, 0.2) is 0 Å². The summed E-state index contributed by atoms with van der Waals surface area (Å²) < 4.78 is 5.26. The molecule has 0 aliphatic carbocycles. The zero-order valence-electron chi connectivity index (χ0n) is 15.4. The van der Waals surface area contributed by atoms with Gasteiger partial charge in [0.1, 0.15) is 10.8 Å². The lowest BCUT2D eigenvalue weighted by Crippen LogP contribution is -2.16. The fourth-order valence-corrected chi connectivity index (χ4v) is 3.63. The summed E-state index contributed by atoms with van der Waals surface area (Å²) in [5.74, 6) is 1.11. The average Bonchev–Trinajstić information content (AvgIpc) is 2.62. The molecule has 26 heavy (non-hydrogen) atoms. The van der Waals surface area contributed by atoms with Crippen molar-refractivity contribution in [3.05, 3.63) is 59.2 Å². The first-order valence-electron chi connectivity index (χ1n) is 8.42. The fourth-order valence-electron chi connectivity index (χ4n) is 2.84. The van der Waals surface area contributed by atoms with Crippen LogP contribution in [0.2, 0.25) is 0 Å². The van der Waals surface area contributed by atoms with Gasteiger partial charge in [-0.2, -0.15) is 0 Å². The third-order valence-corrected chi connectivity index (χ3v) is 5.34. The second kappa shape index (κ2) is 7.79. The topological polar surface area (TPSA) is 51.2 Å². The summed E-state index contributed by atoms with van der Waals surface area (Å²) >= 11 is 1.46. The van der Waals surface area contributed by atoms with E-state index in [1.165, 1.54) is 11.8 Å². The predicted molar refractivity (Wildman–Crippen MR) is 108 cm³/mol. The molecule has 0 aliphatic heterocycles. The third kappa shape index (κ3) is 3.99.